The Bertz CT molecular complexity index is 278. The predicted molar refractivity (Wildman–Crippen MR) is 68.8 cm³/mol. The van der Waals surface area contributed by atoms with Crippen molar-refractivity contribution in [2.45, 2.75) is 46.5 Å². The van der Waals surface area contributed by atoms with E-state index >= 15 is 0 Å². The fourth-order valence-electron chi connectivity index (χ4n) is 2.54. The summed E-state index contributed by atoms with van der Waals surface area (Å²) in [6.45, 7) is 14.9. The maximum Gasteiger partial charge on any atom is -0.0120 e. The minimum atomic E-state index is 0.424. The molecule has 0 nitrogen and oxygen atoms in total. The Hall–Kier alpha value is -0.780. The lowest BCUT2D eigenvalue weighted by atomic mass is 9.65. The summed E-state index contributed by atoms with van der Waals surface area (Å²) in [5, 5.41) is 0. The van der Waals surface area contributed by atoms with E-state index < -0.39 is 0 Å². The quantitative estimate of drug-likeness (QED) is 0.453. The van der Waals surface area contributed by atoms with Crippen molar-refractivity contribution in [3.63, 3.8) is 0 Å². The second-order valence-corrected chi connectivity index (χ2v) is 5.44. The van der Waals surface area contributed by atoms with E-state index in [-0.39, 0.29) is 0 Å². The highest BCUT2D eigenvalue weighted by molar-refractivity contribution is 5.17. The second kappa shape index (κ2) is 4.83. The summed E-state index contributed by atoms with van der Waals surface area (Å²) in [6, 6.07) is 0. The Morgan fingerprint density at radius 2 is 2.20 bits per heavy atom. The third kappa shape index (κ3) is 3.09. The largest absolute Gasteiger partial charge is 0.0995 e. The van der Waals surface area contributed by atoms with Gasteiger partial charge in [0.05, 0.1) is 0 Å². The summed E-state index contributed by atoms with van der Waals surface area (Å²) in [5.41, 5.74) is 3.15. The third-order valence-corrected chi connectivity index (χ3v) is 3.75. The van der Waals surface area contributed by atoms with Crippen molar-refractivity contribution < 1.29 is 0 Å². The Balaban J connectivity index is 2.72. The first-order valence-electron chi connectivity index (χ1n) is 5.94. The van der Waals surface area contributed by atoms with Gasteiger partial charge in [-0.05, 0) is 43.9 Å². The fraction of sp³-hybridized carbons (Fsp3) is 0.600. The first-order chi connectivity index (χ1) is 6.97. The van der Waals surface area contributed by atoms with E-state index in [1.807, 2.05) is 6.08 Å². The van der Waals surface area contributed by atoms with E-state index in [0.717, 1.165) is 6.42 Å². The van der Waals surface area contributed by atoms with Crippen molar-refractivity contribution in [3.05, 3.63) is 36.5 Å². The SMILES string of the molecule is C=C/C(C)=C/C[C@H]1C(=C)CCCC1(C)C. The molecule has 0 unspecified atom stereocenters. The fourth-order valence-corrected chi connectivity index (χ4v) is 2.54. The predicted octanol–water partition coefficient (Wildman–Crippen LogP) is 4.89. The minimum absolute atomic E-state index is 0.424. The molecule has 0 saturated heterocycles. The summed E-state index contributed by atoms with van der Waals surface area (Å²) in [6.07, 6.45) is 9.22. The lowest BCUT2D eigenvalue weighted by Crippen LogP contribution is -2.29. The van der Waals surface area contributed by atoms with Crippen molar-refractivity contribution >= 4 is 0 Å². The van der Waals surface area contributed by atoms with E-state index in [1.54, 1.807) is 0 Å². The van der Waals surface area contributed by atoms with Crippen LogP contribution < -0.4 is 0 Å². The standard InChI is InChI=1S/C15H24/c1-6-12(2)9-10-14-13(3)8-7-11-15(14,4)5/h6,9,14H,1,3,7-8,10-11H2,2,4-5H3/b12-9+/t14-/m0/s1. The van der Waals surface area contributed by atoms with Crippen LogP contribution in [0.25, 0.3) is 0 Å². The summed E-state index contributed by atoms with van der Waals surface area (Å²) < 4.78 is 0. The Labute approximate surface area is 94.8 Å². The molecule has 0 radical (unpaired) electrons. The lowest BCUT2D eigenvalue weighted by molar-refractivity contribution is 0.191. The minimum Gasteiger partial charge on any atom is -0.0995 e. The van der Waals surface area contributed by atoms with Crippen molar-refractivity contribution in [2.75, 3.05) is 0 Å². The molecule has 0 N–H and O–H groups in total. The normalized spacial score (nSPS) is 26.5. The molecule has 1 aliphatic rings. The van der Waals surface area contributed by atoms with Crippen molar-refractivity contribution in [1.29, 1.82) is 0 Å². The highest BCUT2D eigenvalue weighted by atomic mass is 14.4. The molecule has 0 heteroatoms. The molecule has 0 aromatic rings. The first kappa shape index (κ1) is 12.3. The number of allylic oxidation sites excluding steroid dienone is 4. The molecule has 15 heavy (non-hydrogen) atoms. The zero-order valence-corrected chi connectivity index (χ0v) is 10.5. The summed E-state index contributed by atoms with van der Waals surface area (Å²) >= 11 is 0. The Morgan fingerprint density at radius 3 is 2.73 bits per heavy atom. The van der Waals surface area contributed by atoms with Crippen LogP contribution in [0.2, 0.25) is 0 Å². The van der Waals surface area contributed by atoms with E-state index in [4.69, 9.17) is 0 Å². The van der Waals surface area contributed by atoms with Gasteiger partial charge < -0.3 is 0 Å². The molecule has 1 aliphatic carbocycles. The smallest absolute Gasteiger partial charge is 0.0120 e. The molecule has 1 rings (SSSR count). The van der Waals surface area contributed by atoms with Gasteiger partial charge in [0.1, 0.15) is 0 Å². The first-order valence-corrected chi connectivity index (χ1v) is 5.94. The summed E-state index contributed by atoms with van der Waals surface area (Å²) in [5.74, 6) is 0.654. The van der Waals surface area contributed by atoms with Crippen molar-refractivity contribution in [3.8, 4) is 0 Å². The molecule has 1 atom stereocenters. The van der Waals surface area contributed by atoms with Crippen LogP contribution in [0.1, 0.15) is 46.5 Å². The van der Waals surface area contributed by atoms with Gasteiger partial charge in [-0.2, -0.15) is 0 Å². The average molecular weight is 204 g/mol. The van der Waals surface area contributed by atoms with Gasteiger partial charge in [0.2, 0.25) is 0 Å². The highest BCUT2D eigenvalue weighted by Gasteiger charge is 2.33. The van der Waals surface area contributed by atoms with Gasteiger partial charge >= 0.3 is 0 Å². The highest BCUT2D eigenvalue weighted by Crippen LogP contribution is 2.45. The number of rotatable bonds is 3. The molecule has 0 heterocycles. The monoisotopic (exact) mass is 204 g/mol. The van der Waals surface area contributed by atoms with E-state index in [1.165, 1.54) is 30.4 Å². The van der Waals surface area contributed by atoms with E-state index in [2.05, 4.69) is 40.0 Å². The molecular weight excluding hydrogens is 180 g/mol. The Kier molecular flexibility index (Phi) is 3.96. The van der Waals surface area contributed by atoms with Crippen LogP contribution >= 0.6 is 0 Å². The zero-order chi connectivity index (χ0) is 11.5. The maximum absolute atomic E-state index is 4.24. The van der Waals surface area contributed by atoms with Gasteiger partial charge in [0.25, 0.3) is 0 Å². The van der Waals surface area contributed by atoms with Gasteiger partial charge in [0, 0.05) is 0 Å². The van der Waals surface area contributed by atoms with E-state index in [9.17, 15) is 0 Å². The molecule has 84 valence electrons. The molecule has 1 fully saturated rings. The third-order valence-electron chi connectivity index (χ3n) is 3.75. The van der Waals surface area contributed by atoms with Gasteiger partial charge in [-0.1, -0.05) is 50.3 Å². The zero-order valence-electron chi connectivity index (χ0n) is 10.5. The van der Waals surface area contributed by atoms with Crippen molar-refractivity contribution in [2.24, 2.45) is 11.3 Å². The van der Waals surface area contributed by atoms with Crippen LogP contribution in [0, 0.1) is 11.3 Å². The van der Waals surface area contributed by atoms with Crippen LogP contribution in [0.3, 0.4) is 0 Å². The van der Waals surface area contributed by atoms with Crippen LogP contribution in [-0.4, -0.2) is 0 Å². The molecule has 0 aromatic heterocycles. The maximum atomic E-state index is 4.24. The van der Waals surface area contributed by atoms with Gasteiger partial charge in [-0.3, -0.25) is 0 Å². The van der Waals surface area contributed by atoms with Gasteiger partial charge in [-0.15, -0.1) is 0 Å². The van der Waals surface area contributed by atoms with Crippen LogP contribution in [-0.2, 0) is 0 Å². The molecule has 0 amide bonds. The number of hydrogen-bond donors (Lipinski definition) is 0. The second-order valence-electron chi connectivity index (χ2n) is 5.44. The average Bonchev–Trinajstić information content (AvgIpc) is 2.15. The summed E-state index contributed by atoms with van der Waals surface area (Å²) in [4.78, 5) is 0. The van der Waals surface area contributed by atoms with E-state index in [0.29, 0.717) is 11.3 Å². The molecule has 0 bridgehead atoms. The molecule has 0 spiro atoms. The van der Waals surface area contributed by atoms with Crippen molar-refractivity contribution in [1.82, 2.24) is 0 Å². The Morgan fingerprint density at radius 1 is 1.53 bits per heavy atom. The van der Waals surface area contributed by atoms with Crippen LogP contribution in [0.4, 0.5) is 0 Å². The topological polar surface area (TPSA) is 0 Å². The molecular formula is C15H24. The summed E-state index contributed by atoms with van der Waals surface area (Å²) in [7, 11) is 0. The molecule has 0 aromatic carbocycles. The number of hydrogen-bond acceptors (Lipinski definition) is 0. The van der Waals surface area contributed by atoms with Gasteiger partial charge in [0.15, 0.2) is 0 Å². The molecule has 0 aliphatic heterocycles. The lowest BCUT2D eigenvalue weighted by Gasteiger charge is -2.40. The molecule has 1 saturated carbocycles. The van der Waals surface area contributed by atoms with Crippen LogP contribution in [0.5, 0.6) is 0 Å². The van der Waals surface area contributed by atoms with Gasteiger partial charge in [-0.25, -0.2) is 0 Å². The van der Waals surface area contributed by atoms with Crippen LogP contribution in [0.15, 0.2) is 36.5 Å².